The Morgan fingerprint density at radius 3 is 2.22 bits per heavy atom. The largest absolute Gasteiger partial charge is 0.258 e. The topological polar surface area (TPSA) is 25.8 Å². The van der Waals surface area contributed by atoms with E-state index >= 15 is 0 Å². The molecule has 3 aromatic heterocycles. The molecule has 0 fully saturated rings. The summed E-state index contributed by atoms with van der Waals surface area (Å²) >= 11 is 1.89. The zero-order valence-electron chi connectivity index (χ0n) is 22.4. The lowest BCUT2D eigenvalue weighted by Crippen LogP contribution is -2.10. The molecular formula is C34H32N2S. The molecule has 0 aliphatic heterocycles. The molecule has 3 aromatic carbocycles. The molecule has 6 aromatic rings. The van der Waals surface area contributed by atoms with Crippen molar-refractivity contribution in [2.45, 2.75) is 48.0 Å². The second-order valence-electron chi connectivity index (χ2n) is 11.5. The summed E-state index contributed by atoms with van der Waals surface area (Å²) in [4.78, 5) is 9.57. The standard InChI is InChI=1S/C34H32N2S/c1-20-15-25(16-21(2)36-20)30-18-26(17-23-9-7-8-10-27(23)30)31-33-29(13-14-35-31)28-12-11-24(19-34(4,5)6)22(3)32(28)37-33/h7-18H,19H2,1-6H3. The van der Waals surface area contributed by atoms with Crippen molar-refractivity contribution in [1.29, 1.82) is 0 Å². The van der Waals surface area contributed by atoms with Crippen LogP contribution < -0.4 is 0 Å². The van der Waals surface area contributed by atoms with Gasteiger partial charge in [-0.15, -0.1) is 11.3 Å². The summed E-state index contributed by atoms with van der Waals surface area (Å²) in [5.41, 5.74) is 9.83. The van der Waals surface area contributed by atoms with Gasteiger partial charge in [-0.2, -0.15) is 0 Å². The molecule has 0 saturated carbocycles. The molecule has 0 unspecified atom stereocenters. The Balaban J connectivity index is 1.61. The van der Waals surface area contributed by atoms with E-state index in [-0.39, 0.29) is 5.41 Å². The first-order valence-corrected chi connectivity index (χ1v) is 13.8. The zero-order chi connectivity index (χ0) is 25.9. The lowest BCUT2D eigenvalue weighted by Gasteiger charge is -2.19. The van der Waals surface area contributed by atoms with Crippen LogP contribution in [0.3, 0.4) is 0 Å². The summed E-state index contributed by atoms with van der Waals surface area (Å²) in [6.07, 6.45) is 3.05. The van der Waals surface area contributed by atoms with Gasteiger partial charge in [-0.05, 0) is 96.0 Å². The monoisotopic (exact) mass is 500 g/mol. The highest BCUT2D eigenvalue weighted by Crippen LogP contribution is 2.43. The third-order valence-corrected chi connectivity index (χ3v) is 8.51. The van der Waals surface area contributed by atoms with Crippen molar-refractivity contribution in [3.05, 3.63) is 95.4 Å². The van der Waals surface area contributed by atoms with E-state index < -0.39 is 0 Å². The summed E-state index contributed by atoms with van der Waals surface area (Å²) in [6, 6.07) is 24.5. The first kappa shape index (κ1) is 23.8. The van der Waals surface area contributed by atoms with Crippen LogP contribution in [0.2, 0.25) is 0 Å². The van der Waals surface area contributed by atoms with E-state index in [1.807, 2.05) is 17.5 Å². The number of rotatable bonds is 3. The minimum atomic E-state index is 0.257. The maximum absolute atomic E-state index is 4.96. The average Bonchev–Trinajstić information content (AvgIpc) is 3.23. The molecule has 0 aliphatic rings. The number of nitrogens with zero attached hydrogens (tertiary/aromatic N) is 2. The molecule has 2 nitrogen and oxygen atoms in total. The molecule has 184 valence electrons. The van der Waals surface area contributed by atoms with Gasteiger partial charge in [0.05, 0.1) is 10.4 Å². The second-order valence-corrected chi connectivity index (χ2v) is 12.5. The molecule has 0 atom stereocenters. The molecule has 0 spiro atoms. The second kappa shape index (κ2) is 8.78. The highest BCUT2D eigenvalue weighted by molar-refractivity contribution is 7.26. The fourth-order valence-electron chi connectivity index (χ4n) is 5.59. The molecule has 0 radical (unpaired) electrons. The molecule has 0 aliphatic carbocycles. The van der Waals surface area contributed by atoms with Gasteiger partial charge in [0.2, 0.25) is 0 Å². The highest BCUT2D eigenvalue weighted by atomic mass is 32.1. The number of pyridine rings is 2. The van der Waals surface area contributed by atoms with Gasteiger partial charge in [0.1, 0.15) is 0 Å². The summed E-state index contributed by atoms with van der Waals surface area (Å²) in [6.45, 7) is 13.4. The van der Waals surface area contributed by atoms with Gasteiger partial charge in [-0.3, -0.25) is 9.97 Å². The van der Waals surface area contributed by atoms with Gasteiger partial charge in [0.15, 0.2) is 0 Å². The third-order valence-electron chi connectivity index (χ3n) is 7.17. The van der Waals surface area contributed by atoms with Crippen LogP contribution in [-0.4, -0.2) is 9.97 Å². The van der Waals surface area contributed by atoms with Crippen molar-refractivity contribution in [3.63, 3.8) is 0 Å². The normalized spacial score (nSPS) is 12.2. The third kappa shape index (κ3) is 4.32. The minimum Gasteiger partial charge on any atom is -0.258 e. The minimum absolute atomic E-state index is 0.257. The average molecular weight is 501 g/mol. The lowest BCUT2D eigenvalue weighted by molar-refractivity contribution is 0.410. The van der Waals surface area contributed by atoms with Crippen molar-refractivity contribution in [1.82, 2.24) is 9.97 Å². The fourth-order valence-corrected chi connectivity index (χ4v) is 6.92. The molecule has 37 heavy (non-hydrogen) atoms. The Labute approximate surface area is 223 Å². The smallest absolute Gasteiger partial charge is 0.0880 e. The SMILES string of the molecule is Cc1cc(-c2cc(-c3nccc4c3sc3c(C)c(CC(C)(C)C)ccc34)cc3ccccc23)cc(C)n1. The van der Waals surface area contributed by atoms with E-state index in [1.165, 1.54) is 53.2 Å². The van der Waals surface area contributed by atoms with Crippen LogP contribution in [0.15, 0.2) is 72.9 Å². The molecule has 0 saturated heterocycles. The van der Waals surface area contributed by atoms with Gasteiger partial charge >= 0.3 is 0 Å². The van der Waals surface area contributed by atoms with Crippen molar-refractivity contribution in [3.8, 4) is 22.4 Å². The van der Waals surface area contributed by atoms with E-state index in [9.17, 15) is 0 Å². The van der Waals surface area contributed by atoms with Gasteiger partial charge in [-0.25, -0.2) is 0 Å². The number of thiophene rings is 1. The summed E-state index contributed by atoms with van der Waals surface area (Å²) in [5.74, 6) is 0. The summed E-state index contributed by atoms with van der Waals surface area (Å²) in [7, 11) is 0. The van der Waals surface area contributed by atoms with Crippen molar-refractivity contribution < 1.29 is 0 Å². The molecule has 3 heteroatoms. The predicted octanol–water partition coefficient (Wildman–Crippen LogP) is 9.85. The number of benzene rings is 3. The first-order chi connectivity index (χ1) is 17.7. The molecule has 0 N–H and O–H groups in total. The fraction of sp³-hybridized carbons (Fsp3) is 0.235. The Bertz CT molecular complexity index is 1800. The van der Waals surface area contributed by atoms with Gasteiger partial charge in [-0.1, -0.05) is 57.2 Å². The number of fused-ring (bicyclic) bond motifs is 4. The lowest BCUT2D eigenvalue weighted by atomic mass is 9.86. The Morgan fingerprint density at radius 1 is 0.730 bits per heavy atom. The number of hydrogen-bond acceptors (Lipinski definition) is 3. The first-order valence-electron chi connectivity index (χ1n) is 13.0. The summed E-state index contributed by atoms with van der Waals surface area (Å²) < 4.78 is 2.64. The molecule has 6 rings (SSSR count). The maximum atomic E-state index is 4.96. The van der Waals surface area contributed by atoms with E-state index in [0.29, 0.717) is 0 Å². The molecule has 3 heterocycles. The van der Waals surface area contributed by atoms with Crippen molar-refractivity contribution >= 4 is 42.3 Å². The Kier molecular flexibility index (Phi) is 5.65. The van der Waals surface area contributed by atoms with Crippen LogP contribution in [-0.2, 0) is 6.42 Å². The quantitative estimate of drug-likeness (QED) is 0.242. The molecule has 0 amide bonds. The highest BCUT2D eigenvalue weighted by Gasteiger charge is 2.19. The van der Waals surface area contributed by atoms with Gasteiger partial charge in [0.25, 0.3) is 0 Å². The maximum Gasteiger partial charge on any atom is 0.0880 e. The number of aryl methyl sites for hydroxylation is 3. The van der Waals surface area contributed by atoms with E-state index in [0.717, 1.165) is 29.1 Å². The van der Waals surface area contributed by atoms with Gasteiger partial charge < -0.3 is 0 Å². The van der Waals surface area contributed by atoms with Crippen LogP contribution in [0.25, 0.3) is 53.3 Å². The van der Waals surface area contributed by atoms with Crippen LogP contribution in [0.4, 0.5) is 0 Å². The van der Waals surface area contributed by atoms with Crippen molar-refractivity contribution in [2.24, 2.45) is 5.41 Å². The Hall–Kier alpha value is -3.56. The van der Waals surface area contributed by atoms with E-state index in [4.69, 9.17) is 4.98 Å². The van der Waals surface area contributed by atoms with Crippen LogP contribution >= 0.6 is 11.3 Å². The number of aromatic nitrogens is 2. The Morgan fingerprint density at radius 2 is 1.46 bits per heavy atom. The van der Waals surface area contributed by atoms with Crippen LogP contribution in [0, 0.1) is 26.2 Å². The number of hydrogen-bond donors (Lipinski definition) is 0. The molecule has 0 bridgehead atoms. The zero-order valence-corrected chi connectivity index (χ0v) is 23.3. The van der Waals surface area contributed by atoms with Crippen LogP contribution in [0.1, 0.15) is 43.3 Å². The van der Waals surface area contributed by atoms with Crippen molar-refractivity contribution in [2.75, 3.05) is 0 Å². The van der Waals surface area contributed by atoms with E-state index in [2.05, 4.69) is 113 Å². The predicted molar refractivity (Wildman–Crippen MR) is 161 cm³/mol. The van der Waals surface area contributed by atoms with Gasteiger partial charge in [0, 0.05) is 38.6 Å². The summed E-state index contributed by atoms with van der Waals surface area (Å²) in [5, 5.41) is 5.11. The van der Waals surface area contributed by atoms with E-state index in [1.54, 1.807) is 0 Å². The molecular weight excluding hydrogens is 468 g/mol. The van der Waals surface area contributed by atoms with Crippen LogP contribution in [0.5, 0.6) is 0 Å².